The van der Waals surface area contributed by atoms with Gasteiger partial charge in [-0.15, -0.1) is 11.3 Å². The zero-order valence-electron chi connectivity index (χ0n) is 11.8. The van der Waals surface area contributed by atoms with Crippen molar-refractivity contribution in [2.24, 2.45) is 5.92 Å². The van der Waals surface area contributed by atoms with Crippen LogP contribution in [0, 0.1) is 17.8 Å². The highest BCUT2D eigenvalue weighted by atomic mass is 32.1. The van der Waals surface area contributed by atoms with Gasteiger partial charge in [-0.1, -0.05) is 31.6 Å². The van der Waals surface area contributed by atoms with Crippen molar-refractivity contribution >= 4 is 17.2 Å². The van der Waals surface area contributed by atoms with Gasteiger partial charge in [0.15, 0.2) is 0 Å². The standard InChI is InChI=1S/C16H21NO2S/c1-2-14(11-12-6-7-12)17-16(19)15-13(8-10-20-15)5-3-4-9-18/h8,10,12,14,18H,2,4,6-7,9,11H2,1H3,(H,17,19). The Labute approximate surface area is 124 Å². The van der Waals surface area contributed by atoms with Crippen molar-refractivity contribution in [1.82, 2.24) is 5.32 Å². The lowest BCUT2D eigenvalue weighted by Crippen LogP contribution is -2.34. The fraction of sp³-hybridized carbons (Fsp3) is 0.562. The average molecular weight is 291 g/mol. The van der Waals surface area contributed by atoms with Crippen LogP contribution in [0.4, 0.5) is 0 Å². The van der Waals surface area contributed by atoms with E-state index in [-0.39, 0.29) is 18.6 Å². The molecule has 0 aromatic carbocycles. The summed E-state index contributed by atoms with van der Waals surface area (Å²) in [6.07, 6.45) is 5.13. The molecule has 1 aliphatic rings. The number of aliphatic hydroxyl groups is 1. The van der Waals surface area contributed by atoms with Gasteiger partial charge >= 0.3 is 0 Å². The molecule has 1 amide bonds. The molecule has 108 valence electrons. The van der Waals surface area contributed by atoms with E-state index >= 15 is 0 Å². The van der Waals surface area contributed by atoms with Crippen LogP contribution in [0.5, 0.6) is 0 Å². The van der Waals surface area contributed by atoms with Gasteiger partial charge in [0, 0.05) is 18.0 Å². The number of rotatable bonds is 6. The third-order valence-electron chi connectivity index (χ3n) is 3.47. The Morgan fingerprint density at radius 2 is 2.40 bits per heavy atom. The molecular weight excluding hydrogens is 270 g/mol. The molecule has 0 saturated heterocycles. The molecule has 1 unspecified atom stereocenters. The number of carbonyl (C=O) groups excluding carboxylic acids is 1. The number of carbonyl (C=O) groups is 1. The number of nitrogens with one attached hydrogen (secondary N) is 1. The maximum absolute atomic E-state index is 12.3. The van der Waals surface area contributed by atoms with Crippen molar-refractivity contribution in [1.29, 1.82) is 0 Å². The van der Waals surface area contributed by atoms with Gasteiger partial charge in [-0.3, -0.25) is 4.79 Å². The number of hydrogen-bond acceptors (Lipinski definition) is 3. The summed E-state index contributed by atoms with van der Waals surface area (Å²) in [5.41, 5.74) is 0.766. The maximum atomic E-state index is 12.3. The first-order valence-corrected chi connectivity index (χ1v) is 8.10. The van der Waals surface area contributed by atoms with E-state index in [2.05, 4.69) is 24.1 Å². The summed E-state index contributed by atoms with van der Waals surface area (Å²) in [7, 11) is 0. The fourth-order valence-electron chi connectivity index (χ4n) is 2.13. The van der Waals surface area contributed by atoms with Crippen LogP contribution in [0.3, 0.4) is 0 Å². The minimum Gasteiger partial charge on any atom is -0.395 e. The van der Waals surface area contributed by atoms with Gasteiger partial charge in [0.2, 0.25) is 0 Å². The number of thiophene rings is 1. The molecule has 1 fully saturated rings. The van der Waals surface area contributed by atoms with Crippen LogP contribution in [0.1, 0.15) is 54.3 Å². The minimum absolute atomic E-state index is 0.0131. The van der Waals surface area contributed by atoms with Gasteiger partial charge in [0.25, 0.3) is 5.91 Å². The van der Waals surface area contributed by atoms with E-state index in [4.69, 9.17) is 5.11 Å². The SMILES string of the molecule is CCC(CC1CC1)NC(=O)c1sccc1C#CCCO. The van der Waals surface area contributed by atoms with Gasteiger partial charge in [0.05, 0.1) is 6.61 Å². The normalized spacial score (nSPS) is 15.3. The Morgan fingerprint density at radius 1 is 1.60 bits per heavy atom. The summed E-state index contributed by atoms with van der Waals surface area (Å²) in [5, 5.41) is 13.7. The molecule has 1 aliphatic carbocycles. The van der Waals surface area contributed by atoms with Crippen LogP contribution in [0.15, 0.2) is 11.4 Å². The van der Waals surface area contributed by atoms with Crippen LogP contribution >= 0.6 is 11.3 Å². The van der Waals surface area contributed by atoms with Crippen LogP contribution in [-0.4, -0.2) is 23.7 Å². The van der Waals surface area contributed by atoms with Gasteiger partial charge in [-0.05, 0) is 30.2 Å². The zero-order chi connectivity index (χ0) is 14.4. The summed E-state index contributed by atoms with van der Waals surface area (Å²) in [4.78, 5) is 13.0. The van der Waals surface area contributed by atoms with Crippen molar-refractivity contribution in [3.8, 4) is 11.8 Å². The molecule has 0 radical (unpaired) electrons. The Hall–Kier alpha value is -1.31. The summed E-state index contributed by atoms with van der Waals surface area (Å²) in [6, 6.07) is 2.14. The summed E-state index contributed by atoms with van der Waals surface area (Å²) in [6.45, 7) is 2.17. The van der Waals surface area contributed by atoms with E-state index in [0.29, 0.717) is 11.3 Å². The van der Waals surface area contributed by atoms with E-state index in [1.807, 2.05) is 11.4 Å². The van der Waals surface area contributed by atoms with Crippen LogP contribution in [-0.2, 0) is 0 Å². The predicted octanol–water partition coefficient (Wildman–Crippen LogP) is 2.79. The summed E-state index contributed by atoms with van der Waals surface area (Å²) < 4.78 is 0. The smallest absolute Gasteiger partial charge is 0.262 e. The van der Waals surface area contributed by atoms with Crippen molar-refractivity contribution in [2.75, 3.05) is 6.61 Å². The molecule has 2 N–H and O–H groups in total. The Balaban J connectivity index is 1.97. The lowest BCUT2D eigenvalue weighted by molar-refractivity contribution is 0.0936. The molecular formula is C16H21NO2S. The summed E-state index contributed by atoms with van der Waals surface area (Å²) >= 11 is 1.43. The Kier molecular flexibility index (Phi) is 5.63. The first-order valence-electron chi connectivity index (χ1n) is 7.22. The van der Waals surface area contributed by atoms with E-state index in [0.717, 1.165) is 24.3 Å². The first-order chi connectivity index (χ1) is 9.74. The number of amides is 1. The van der Waals surface area contributed by atoms with Gasteiger partial charge < -0.3 is 10.4 Å². The molecule has 0 bridgehead atoms. The van der Waals surface area contributed by atoms with Crippen molar-refractivity contribution in [3.63, 3.8) is 0 Å². The lowest BCUT2D eigenvalue weighted by Gasteiger charge is -2.16. The van der Waals surface area contributed by atoms with Crippen molar-refractivity contribution in [2.45, 2.75) is 45.1 Å². The maximum Gasteiger partial charge on any atom is 0.262 e. The highest BCUT2D eigenvalue weighted by Gasteiger charge is 2.26. The molecule has 1 aromatic rings. The molecule has 1 aromatic heterocycles. The molecule has 0 spiro atoms. The van der Waals surface area contributed by atoms with Crippen molar-refractivity contribution in [3.05, 3.63) is 21.9 Å². The Bertz CT molecular complexity index is 508. The molecule has 4 heteroatoms. The third-order valence-corrected chi connectivity index (χ3v) is 4.39. The molecule has 0 aliphatic heterocycles. The summed E-state index contributed by atoms with van der Waals surface area (Å²) in [5.74, 6) is 6.63. The molecule has 1 atom stereocenters. The second-order valence-corrected chi connectivity index (χ2v) is 6.11. The largest absolute Gasteiger partial charge is 0.395 e. The van der Waals surface area contributed by atoms with E-state index in [1.54, 1.807) is 0 Å². The monoisotopic (exact) mass is 291 g/mol. The first kappa shape index (κ1) is 15.1. The van der Waals surface area contributed by atoms with Crippen LogP contribution in [0.2, 0.25) is 0 Å². The fourth-order valence-corrected chi connectivity index (χ4v) is 2.88. The highest BCUT2D eigenvalue weighted by Crippen LogP contribution is 2.34. The minimum atomic E-state index is -0.0131. The number of aliphatic hydroxyl groups excluding tert-OH is 1. The van der Waals surface area contributed by atoms with Crippen LogP contribution in [0.25, 0.3) is 0 Å². The van der Waals surface area contributed by atoms with Gasteiger partial charge in [0.1, 0.15) is 4.88 Å². The predicted molar refractivity (Wildman–Crippen MR) is 81.8 cm³/mol. The van der Waals surface area contributed by atoms with E-state index < -0.39 is 0 Å². The van der Waals surface area contributed by atoms with Gasteiger partial charge in [-0.2, -0.15) is 0 Å². The molecule has 3 nitrogen and oxygen atoms in total. The number of hydrogen-bond donors (Lipinski definition) is 2. The van der Waals surface area contributed by atoms with E-state index in [9.17, 15) is 4.79 Å². The molecule has 2 rings (SSSR count). The van der Waals surface area contributed by atoms with E-state index in [1.165, 1.54) is 24.2 Å². The topological polar surface area (TPSA) is 49.3 Å². The highest BCUT2D eigenvalue weighted by molar-refractivity contribution is 7.12. The quantitative estimate of drug-likeness (QED) is 0.792. The Morgan fingerprint density at radius 3 is 3.05 bits per heavy atom. The van der Waals surface area contributed by atoms with Gasteiger partial charge in [-0.25, -0.2) is 0 Å². The molecule has 1 saturated carbocycles. The third kappa shape index (κ3) is 4.36. The zero-order valence-corrected chi connectivity index (χ0v) is 12.6. The molecule has 20 heavy (non-hydrogen) atoms. The molecule has 1 heterocycles. The van der Waals surface area contributed by atoms with Crippen molar-refractivity contribution < 1.29 is 9.90 Å². The van der Waals surface area contributed by atoms with Crippen LogP contribution < -0.4 is 5.32 Å². The lowest BCUT2D eigenvalue weighted by atomic mass is 10.1. The second kappa shape index (κ2) is 7.47. The second-order valence-electron chi connectivity index (χ2n) is 5.20. The average Bonchev–Trinajstić information content (AvgIpc) is 3.13.